The molecule has 16 nitrogen and oxygen atoms in total. The molecule has 3 aliphatic rings. The van der Waals surface area contributed by atoms with Gasteiger partial charge >= 0.3 is 0 Å². The second-order valence-electron chi connectivity index (χ2n) is 31.8. The van der Waals surface area contributed by atoms with Gasteiger partial charge in [0, 0.05) is 0 Å². The third-order valence-electron chi connectivity index (χ3n) is 10.5. The molecule has 12 atom stereocenters. The zero-order chi connectivity index (χ0) is 58.6. The first kappa shape index (κ1) is 71.0. The van der Waals surface area contributed by atoms with E-state index in [9.17, 15) is 0 Å². The van der Waals surface area contributed by atoms with Crippen molar-refractivity contribution in [3.8, 4) is 0 Å². The molecule has 446 valence electrons. The Hall–Kier alpha value is 1.75. The standard InChI is InChI=1S/C48H114O16Si11/c1-65(2,3)51-36-47(41(59-70(16,17)18)38(56-67(7,8)9)44(53-47)62-73(25,26)27)49-34-46(40(58-69(13,14)15)37(55-66(4,5)6)43(52-46)61-72(22,23)24)50-35-48(64-75(31,32)33)42(60-71(19,20)21)39(57-68(10,11)12)45(54-48)63-74(28,29)30/h37-45H,34-36H2,1-33H3/t37-,38-,39-,40-,41-,42-,43+,44+,45+,46+,47+,48?/m1/s1. The highest BCUT2D eigenvalue weighted by Crippen LogP contribution is 2.49. The van der Waals surface area contributed by atoms with E-state index in [1.54, 1.807) is 0 Å². The topological polar surface area (TPSA) is 148 Å². The van der Waals surface area contributed by atoms with Gasteiger partial charge in [0.1, 0.15) is 49.8 Å². The molecule has 3 aliphatic heterocycles. The smallest absolute Gasteiger partial charge is 0.223 e. The van der Waals surface area contributed by atoms with Crippen LogP contribution in [0.3, 0.4) is 0 Å². The van der Waals surface area contributed by atoms with Crippen LogP contribution < -0.4 is 0 Å². The van der Waals surface area contributed by atoms with Crippen molar-refractivity contribution >= 4 is 91.5 Å². The lowest BCUT2D eigenvalue weighted by Gasteiger charge is -2.46. The summed E-state index contributed by atoms with van der Waals surface area (Å²) < 4.78 is 117. The molecule has 3 saturated heterocycles. The van der Waals surface area contributed by atoms with Gasteiger partial charge in [0.25, 0.3) is 0 Å². The highest BCUT2D eigenvalue weighted by molar-refractivity contribution is 6.73. The van der Waals surface area contributed by atoms with Crippen molar-refractivity contribution in [2.24, 2.45) is 0 Å². The Morgan fingerprint density at radius 1 is 0.253 bits per heavy atom. The van der Waals surface area contributed by atoms with E-state index in [4.69, 9.17) is 72.4 Å². The third-order valence-corrected chi connectivity index (χ3v) is 21.1. The highest BCUT2D eigenvalue weighted by atomic mass is 28.4. The minimum atomic E-state index is -2.56. The molecular formula is C48H114O16Si11. The molecule has 0 amide bonds. The average molecular weight is 1260 g/mol. The zero-order valence-electron chi connectivity index (χ0n) is 53.8. The molecule has 0 aromatic carbocycles. The van der Waals surface area contributed by atoms with Gasteiger partial charge in [-0.2, -0.15) is 0 Å². The predicted octanol–water partition coefficient (Wildman–Crippen LogP) is 12.8. The summed E-state index contributed by atoms with van der Waals surface area (Å²) in [6, 6.07) is 0. The van der Waals surface area contributed by atoms with Gasteiger partial charge in [0.2, 0.25) is 17.4 Å². The van der Waals surface area contributed by atoms with Crippen LogP contribution in [-0.4, -0.2) is 184 Å². The zero-order valence-corrected chi connectivity index (χ0v) is 64.8. The van der Waals surface area contributed by atoms with Crippen LogP contribution in [-0.2, 0) is 72.4 Å². The SMILES string of the molecule is C[Si](C)(C)OC[C@]1(OC[C@]2(OCC3(O[Si](C)(C)C)O[C@@H](O[Si](C)(C)C)[C@H](O[Si](C)(C)C)[C@H]3O[Si](C)(C)C)O[C@@H](O[Si](C)(C)C)[C@H](O[Si](C)(C)C)[C@H]2O[Si](C)(C)C)O[C@@H](O[Si](C)(C)C)[C@H](O[Si](C)(C)C)[C@H]1O[Si](C)(C)C. The molecule has 0 N–H and O–H groups in total. The van der Waals surface area contributed by atoms with Crippen molar-refractivity contribution in [3.05, 3.63) is 0 Å². The van der Waals surface area contributed by atoms with Crippen molar-refractivity contribution in [2.75, 3.05) is 19.8 Å². The van der Waals surface area contributed by atoms with Crippen molar-refractivity contribution in [2.45, 2.75) is 289 Å². The van der Waals surface area contributed by atoms with E-state index >= 15 is 0 Å². The normalized spacial score (nSPS) is 32.5. The van der Waals surface area contributed by atoms with Crippen LogP contribution in [0.1, 0.15) is 0 Å². The highest BCUT2D eigenvalue weighted by Gasteiger charge is 2.68. The predicted molar refractivity (Wildman–Crippen MR) is 331 cm³/mol. The molecule has 0 spiro atoms. The van der Waals surface area contributed by atoms with Crippen LogP contribution >= 0.6 is 0 Å². The fourth-order valence-electron chi connectivity index (χ4n) is 8.74. The van der Waals surface area contributed by atoms with Gasteiger partial charge in [-0.05, 0) is 216 Å². The van der Waals surface area contributed by atoms with Gasteiger partial charge in [0.15, 0.2) is 110 Å². The van der Waals surface area contributed by atoms with E-state index in [2.05, 4.69) is 216 Å². The molecule has 3 heterocycles. The van der Waals surface area contributed by atoms with E-state index in [1.165, 1.54) is 0 Å². The van der Waals surface area contributed by atoms with Gasteiger partial charge in [-0.1, -0.05) is 0 Å². The van der Waals surface area contributed by atoms with E-state index < -0.39 is 164 Å². The lowest BCUT2D eigenvalue weighted by atomic mass is 10.1. The number of rotatable bonds is 29. The summed E-state index contributed by atoms with van der Waals surface area (Å²) in [6.45, 7) is 71.0. The molecule has 0 aromatic rings. The van der Waals surface area contributed by atoms with Crippen LogP contribution in [0.2, 0.25) is 216 Å². The second-order valence-corrected chi connectivity index (χ2v) is 80.9. The summed E-state index contributed by atoms with van der Waals surface area (Å²) in [6.07, 6.45) is -6.99. The maximum atomic E-state index is 7.75. The molecular weight excluding hydrogens is 1140 g/mol. The van der Waals surface area contributed by atoms with Crippen molar-refractivity contribution in [3.63, 3.8) is 0 Å². The van der Waals surface area contributed by atoms with Gasteiger partial charge in [-0.25, -0.2) is 0 Å². The van der Waals surface area contributed by atoms with E-state index in [1.807, 2.05) is 0 Å². The Bertz CT molecular complexity index is 1820. The maximum Gasteiger partial charge on any atom is 0.223 e. The number of hydrogen-bond donors (Lipinski definition) is 0. The summed E-state index contributed by atoms with van der Waals surface area (Å²) in [5.74, 6) is -4.90. The van der Waals surface area contributed by atoms with Crippen molar-refractivity contribution in [1.82, 2.24) is 0 Å². The van der Waals surface area contributed by atoms with Crippen LogP contribution in [0, 0.1) is 0 Å². The van der Waals surface area contributed by atoms with Crippen LogP contribution in [0.4, 0.5) is 0 Å². The second kappa shape index (κ2) is 24.4. The number of hydrogen-bond acceptors (Lipinski definition) is 16. The molecule has 0 saturated carbocycles. The Morgan fingerprint density at radius 3 is 0.720 bits per heavy atom. The molecule has 0 radical (unpaired) electrons. The minimum absolute atomic E-state index is 0.0254. The Kier molecular flexibility index (Phi) is 23.1. The summed E-state index contributed by atoms with van der Waals surface area (Å²) >= 11 is 0. The fraction of sp³-hybridized carbons (Fsp3) is 1.00. The molecule has 27 heteroatoms. The fourth-order valence-corrected chi connectivity index (χ4v) is 19.6. The Morgan fingerprint density at radius 2 is 0.480 bits per heavy atom. The molecule has 75 heavy (non-hydrogen) atoms. The molecule has 0 bridgehead atoms. The van der Waals surface area contributed by atoms with Crippen molar-refractivity contribution in [1.29, 1.82) is 0 Å². The minimum Gasteiger partial charge on any atom is -0.412 e. The molecule has 0 aliphatic carbocycles. The van der Waals surface area contributed by atoms with E-state index in [0.717, 1.165) is 0 Å². The van der Waals surface area contributed by atoms with E-state index in [0.29, 0.717) is 0 Å². The summed E-state index contributed by atoms with van der Waals surface area (Å²) in [5.41, 5.74) is 0. The first-order chi connectivity index (χ1) is 32.8. The molecule has 3 rings (SSSR count). The largest absolute Gasteiger partial charge is 0.412 e. The van der Waals surface area contributed by atoms with Crippen molar-refractivity contribution < 1.29 is 72.4 Å². The Labute approximate surface area is 469 Å². The molecule has 1 unspecified atom stereocenters. The van der Waals surface area contributed by atoms with Gasteiger partial charge < -0.3 is 72.4 Å². The quantitative estimate of drug-likeness (QED) is 0.0654. The maximum absolute atomic E-state index is 7.75. The monoisotopic (exact) mass is 1250 g/mol. The summed E-state index contributed by atoms with van der Waals surface area (Å²) in [7, 11) is -26.1. The average Bonchev–Trinajstić information content (AvgIpc) is 3.59. The Balaban J connectivity index is 2.59. The first-order valence-corrected chi connectivity index (χ1v) is 65.1. The third kappa shape index (κ3) is 24.1. The first-order valence-electron chi connectivity index (χ1n) is 27.6. The molecule has 3 fully saturated rings. The summed E-state index contributed by atoms with van der Waals surface area (Å²) in [4.78, 5) is 0. The van der Waals surface area contributed by atoms with Crippen LogP contribution in [0.25, 0.3) is 0 Å². The number of ether oxygens (including phenoxy) is 5. The van der Waals surface area contributed by atoms with Gasteiger partial charge in [-0.15, -0.1) is 0 Å². The van der Waals surface area contributed by atoms with E-state index in [-0.39, 0.29) is 19.8 Å². The lowest BCUT2D eigenvalue weighted by Crippen LogP contribution is -2.63. The van der Waals surface area contributed by atoms with Gasteiger partial charge in [0.05, 0.1) is 6.61 Å². The van der Waals surface area contributed by atoms with Crippen LogP contribution in [0.5, 0.6) is 0 Å². The van der Waals surface area contributed by atoms with Crippen LogP contribution in [0.15, 0.2) is 0 Å². The lowest BCUT2D eigenvalue weighted by molar-refractivity contribution is -0.366. The van der Waals surface area contributed by atoms with Gasteiger partial charge in [-0.3, -0.25) is 0 Å². The summed E-state index contributed by atoms with van der Waals surface area (Å²) in [5, 5.41) is 0. The molecule has 0 aromatic heterocycles.